The van der Waals surface area contributed by atoms with Crippen LogP contribution >= 0.6 is 35.6 Å². The molecule has 2 aromatic heterocycles. The number of non-ortho nitro benzene ring substituents is 3. The minimum absolute atomic E-state index is 0. The number of halogens is 3. The van der Waals surface area contributed by atoms with Gasteiger partial charge in [0.2, 0.25) is 11.8 Å². The van der Waals surface area contributed by atoms with Crippen molar-refractivity contribution in [3.8, 4) is 11.8 Å². The lowest BCUT2D eigenvalue weighted by Crippen LogP contribution is -2.35. The van der Waals surface area contributed by atoms with Gasteiger partial charge in [-0.2, -0.15) is 5.26 Å². The molecule has 3 heterocycles. The van der Waals surface area contributed by atoms with Gasteiger partial charge in [0.1, 0.15) is 22.7 Å². The molecule has 0 atom stereocenters. The molecule has 0 spiro atoms. The quantitative estimate of drug-likeness (QED) is 0.0534. The van der Waals surface area contributed by atoms with Crippen LogP contribution in [0.3, 0.4) is 0 Å². The number of hydrogen-bond acceptors (Lipinski definition) is 15. The maximum Gasteiger partial charge on any atom is 0.271 e. The number of anilines is 1. The number of aromatic hydroxyl groups is 1. The zero-order valence-electron chi connectivity index (χ0n) is 25.1. The second-order valence-electron chi connectivity index (χ2n) is 9.35. The molecule has 0 amide bonds. The summed E-state index contributed by atoms with van der Waals surface area (Å²) in [5, 5.41) is 47.6. The standard InChI is InChI=1S/C12H13N3O4.C8H5ClN2O3.C6H6N2O3.C2H2ClN.4CH4.ClH/c16-15(17)9-1-2-11-10(7-9)13-12(19-11)8-14-3-5-18-6-4-14;9-4-8-10-6-3-5(11(12)13)1-2-7(6)14-8;7-5-3-4(8(10)11)1-2-6(5)9;3-1-2-4;;;;;/h1-2,7H,3-6,8H2;1-3H,4H2;1-3,9H,7H2;1H2;4*1H4;1H. The van der Waals surface area contributed by atoms with Crippen LogP contribution in [0.15, 0.2) is 63.4 Å². The highest BCUT2D eigenvalue weighted by atomic mass is 35.5. The van der Waals surface area contributed by atoms with Crippen molar-refractivity contribution >= 4 is 80.6 Å². The zero-order chi connectivity index (χ0) is 35.2. The number of nitrogens with two attached hydrogens (primary N) is 1. The summed E-state index contributed by atoms with van der Waals surface area (Å²) in [6.07, 6.45) is 0. The lowest BCUT2D eigenvalue weighted by Gasteiger charge is -2.24. The van der Waals surface area contributed by atoms with Crippen molar-refractivity contribution in [2.24, 2.45) is 0 Å². The molecule has 18 nitrogen and oxygen atoms in total. The van der Waals surface area contributed by atoms with Crippen molar-refractivity contribution in [2.45, 2.75) is 42.1 Å². The second-order valence-corrected chi connectivity index (χ2v) is 9.88. The van der Waals surface area contributed by atoms with Gasteiger partial charge in [0.25, 0.3) is 17.1 Å². The summed E-state index contributed by atoms with van der Waals surface area (Å²) < 4.78 is 16.0. The summed E-state index contributed by atoms with van der Waals surface area (Å²) in [5.74, 6) is 1.05. The molecule has 0 saturated carbocycles. The van der Waals surface area contributed by atoms with Crippen molar-refractivity contribution in [3.63, 3.8) is 0 Å². The van der Waals surface area contributed by atoms with Crippen LogP contribution < -0.4 is 5.73 Å². The number of oxazole rings is 2. The van der Waals surface area contributed by atoms with Gasteiger partial charge in [0, 0.05) is 49.5 Å². The number of nitriles is 1. The van der Waals surface area contributed by atoms with Gasteiger partial charge < -0.3 is 24.4 Å². The fourth-order valence-corrected chi connectivity index (χ4v) is 4.00. The second kappa shape index (κ2) is 25.6. The molecule has 0 bridgehead atoms. The number of benzene rings is 3. The van der Waals surface area contributed by atoms with Gasteiger partial charge in [-0.25, -0.2) is 9.97 Å². The Morgan fingerprint density at radius 3 is 1.62 bits per heavy atom. The fraction of sp³-hybridized carbons (Fsp3) is 0.344. The molecule has 0 radical (unpaired) electrons. The molecule has 6 rings (SSSR count). The van der Waals surface area contributed by atoms with Crippen LogP contribution in [0.5, 0.6) is 5.75 Å². The molecule has 0 aliphatic carbocycles. The molecule has 1 aliphatic rings. The third-order valence-corrected chi connectivity index (χ3v) is 6.46. The van der Waals surface area contributed by atoms with Gasteiger partial charge in [-0.15, -0.1) is 35.6 Å². The first-order valence-electron chi connectivity index (χ1n) is 13.5. The first-order valence-corrected chi connectivity index (χ1v) is 14.6. The first-order chi connectivity index (χ1) is 22.9. The predicted octanol–water partition coefficient (Wildman–Crippen LogP) is 8.64. The number of nitrogens with zero attached hydrogens (tertiary/aromatic N) is 7. The molecule has 3 N–H and O–H groups in total. The van der Waals surface area contributed by atoms with E-state index in [9.17, 15) is 30.3 Å². The third-order valence-electron chi connectivity index (χ3n) is 6.11. The third kappa shape index (κ3) is 15.8. The normalized spacial score (nSPS) is 11.2. The maximum absolute atomic E-state index is 10.7. The summed E-state index contributed by atoms with van der Waals surface area (Å²) in [7, 11) is 0. The Kier molecular flexibility index (Phi) is 25.1. The molecule has 1 saturated heterocycles. The number of nitro groups is 3. The molecule has 1 fully saturated rings. The molecular formula is C32H43Cl3N8O10. The van der Waals surface area contributed by atoms with Crippen molar-refractivity contribution in [2.75, 3.05) is 37.9 Å². The van der Waals surface area contributed by atoms with Crippen LogP contribution in [0.25, 0.3) is 22.2 Å². The average molecular weight is 806 g/mol. The number of aromatic nitrogens is 2. The van der Waals surface area contributed by atoms with E-state index in [4.69, 9.17) is 52.9 Å². The highest BCUT2D eigenvalue weighted by Crippen LogP contribution is 2.25. The smallest absolute Gasteiger partial charge is 0.271 e. The van der Waals surface area contributed by atoms with Gasteiger partial charge in [-0.1, -0.05) is 29.7 Å². The molecule has 53 heavy (non-hydrogen) atoms. The van der Waals surface area contributed by atoms with Crippen LogP contribution in [0, 0.1) is 41.7 Å². The summed E-state index contributed by atoms with van der Waals surface area (Å²) in [6, 6.07) is 13.9. The number of nitro benzene ring substituents is 3. The lowest BCUT2D eigenvalue weighted by molar-refractivity contribution is -0.385. The van der Waals surface area contributed by atoms with Crippen LogP contribution in [-0.4, -0.2) is 66.9 Å². The largest absolute Gasteiger partial charge is 0.506 e. The fourth-order valence-electron chi connectivity index (χ4n) is 3.89. The molecular weight excluding hydrogens is 763 g/mol. The van der Waals surface area contributed by atoms with E-state index in [1.165, 1.54) is 42.5 Å². The average Bonchev–Trinajstić information content (AvgIpc) is 3.69. The van der Waals surface area contributed by atoms with Crippen molar-refractivity contribution in [1.82, 2.24) is 14.9 Å². The highest BCUT2D eigenvalue weighted by Gasteiger charge is 2.16. The Labute approximate surface area is 321 Å². The van der Waals surface area contributed by atoms with Crippen LogP contribution in [0.2, 0.25) is 0 Å². The highest BCUT2D eigenvalue weighted by molar-refractivity contribution is 6.19. The van der Waals surface area contributed by atoms with Crippen molar-refractivity contribution in [1.29, 1.82) is 5.26 Å². The van der Waals surface area contributed by atoms with E-state index in [1.54, 1.807) is 12.1 Å². The molecule has 5 aromatic rings. The van der Waals surface area contributed by atoms with E-state index in [-0.39, 0.29) is 82.4 Å². The number of ether oxygens (including phenoxy) is 1. The maximum atomic E-state index is 10.7. The van der Waals surface area contributed by atoms with E-state index >= 15 is 0 Å². The summed E-state index contributed by atoms with van der Waals surface area (Å²) >= 11 is 10.3. The Morgan fingerprint density at radius 2 is 1.21 bits per heavy atom. The van der Waals surface area contributed by atoms with E-state index < -0.39 is 14.8 Å². The Bertz CT molecular complexity index is 1930. The Hall–Kier alpha value is -5.32. The SMILES string of the molecule is C.C.C.C.Cl.N#CCCl.Nc1cc([N+](=O)[O-])ccc1O.O=[N+]([O-])c1ccc2oc(CCl)nc2c1.O=[N+]([O-])c1ccc2oc(CN3CCOCC3)nc2c1. The molecule has 1 aliphatic heterocycles. The summed E-state index contributed by atoms with van der Waals surface area (Å²) in [6.45, 7) is 3.72. The van der Waals surface area contributed by atoms with E-state index in [1.807, 2.05) is 0 Å². The van der Waals surface area contributed by atoms with Gasteiger partial charge >= 0.3 is 0 Å². The monoisotopic (exact) mass is 804 g/mol. The molecule has 0 unspecified atom stereocenters. The zero-order valence-corrected chi connectivity index (χ0v) is 27.5. The van der Waals surface area contributed by atoms with Crippen molar-refractivity contribution in [3.05, 3.63) is 96.7 Å². The van der Waals surface area contributed by atoms with Crippen LogP contribution in [0.1, 0.15) is 41.5 Å². The van der Waals surface area contributed by atoms with E-state index in [0.717, 1.165) is 19.2 Å². The molecule has 292 valence electrons. The van der Waals surface area contributed by atoms with Gasteiger partial charge in [-0.05, 0) is 18.2 Å². The number of fused-ring (bicyclic) bond motifs is 2. The number of phenols is 1. The number of phenolic OH excluding ortho intramolecular Hbond substituents is 1. The van der Waals surface area contributed by atoms with Gasteiger partial charge in [-0.3, -0.25) is 35.2 Å². The number of hydrogen-bond donors (Lipinski definition) is 2. The minimum Gasteiger partial charge on any atom is -0.506 e. The minimum atomic E-state index is -0.574. The van der Waals surface area contributed by atoms with Crippen LogP contribution in [0.4, 0.5) is 22.7 Å². The van der Waals surface area contributed by atoms with E-state index in [0.29, 0.717) is 53.7 Å². The Morgan fingerprint density at radius 1 is 0.792 bits per heavy atom. The van der Waals surface area contributed by atoms with Gasteiger partial charge in [0.15, 0.2) is 11.2 Å². The summed E-state index contributed by atoms with van der Waals surface area (Å²) in [5.41, 5.74) is 7.17. The van der Waals surface area contributed by atoms with Crippen LogP contribution in [-0.2, 0) is 17.2 Å². The first kappa shape index (κ1) is 52.0. The number of rotatable bonds is 6. The molecule has 3 aromatic carbocycles. The van der Waals surface area contributed by atoms with Crippen molar-refractivity contribution < 1.29 is 33.4 Å². The van der Waals surface area contributed by atoms with E-state index in [2.05, 4.69) is 14.9 Å². The topological polar surface area (TPSA) is 264 Å². The number of morpholine rings is 1. The predicted molar refractivity (Wildman–Crippen MR) is 207 cm³/mol. The molecule has 21 heteroatoms. The Balaban J connectivity index is -0.000000663. The summed E-state index contributed by atoms with van der Waals surface area (Å²) in [4.78, 5) is 40.2. The number of alkyl halides is 2. The number of nitrogen functional groups attached to an aromatic ring is 1. The van der Waals surface area contributed by atoms with Gasteiger partial charge in [0.05, 0.1) is 52.2 Å². The lowest BCUT2D eigenvalue weighted by atomic mass is 10.2.